The summed E-state index contributed by atoms with van der Waals surface area (Å²) in [5.41, 5.74) is 2.86. The van der Waals surface area contributed by atoms with E-state index >= 15 is 0 Å². The number of carbonyl (C=O) groups excluding carboxylic acids is 1. The van der Waals surface area contributed by atoms with Crippen LogP contribution in [-0.2, 0) is 11.4 Å². The fraction of sp³-hybridized carbons (Fsp3) is 0.333. The highest BCUT2D eigenvalue weighted by atomic mass is 16.7. The summed E-state index contributed by atoms with van der Waals surface area (Å²) in [5.74, 6) is -0.0921. The molecule has 1 unspecified atom stereocenters. The molecule has 1 aliphatic heterocycles. The van der Waals surface area contributed by atoms with Crippen LogP contribution < -0.4 is 4.90 Å². The van der Waals surface area contributed by atoms with Crippen LogP contribution in [-0.4, -0.2) is 24.3 Å². The van der Waals surface area contributed by atoms with Gasteiger partial charge in [0.05, 0.1) is 23.9 Å². The zero-order valence-corrected chi connectivity index (χ0v) is 14.8. The number of benzene rings is 2. The summed E-state index contributed by atoms with van der Waals surface area (Å²) in [5, 5.41) is 4.19. The number of hydrogen-bond donors (Lipinski definition) is 1. The van der Waals surface area contributed by atoms with Crippen molar-refractivity contribution in [2.45, 2.75) is 32.9 Å². The van der Waals surface area contributed by atoms with Crippen LogP contribution in [0.3, 0.4) is 0 Å². The lowest BCUT2D eigenvalue weighted by molar-refractivity contribution is -0.940. The summed E-state index contributed by atoms with van der Waals surface area (Å²) < 4.78 is 0. The molecule has 1 N–H and O–H groups in total. The minimum absolute atomic E-state index is 0.304. The van der Waals surface area contributed by atoms with Gasteiger partial charge in [0.2, 0.25) is 0 Å². The molecule has 1 heterocycles. The molecule has 0 saturated carbocycles. The Balaban J connectivity index is 1.61. The third-order valence-corrected chi connectivity index (χ3v) is 4.88. The SMILES string of the molecule is C[C@H]1C[NH+](Cc2ccccc2)[C@@H](C)C/C1=N/OC(=O)c1ccccc1. The Hall–Kier alpha value is -2.46. The van der Waals surface area contributed by atoms with E-state index in [4.69, 9.17) is 4.84 Å². The van der Waals surface area contributed by atoms with E-state index in [1.807, 2.05) is 24.3 Å². The Bertz CT molecular complexity index is 728. The first-order chi connectivity index (χ1) is 12.1. The number of piperidine rings is 1. The number of rotatable bonds is 4. The van der Waals surface area contributed by atoms with Gasteiger partial charge in [0.25, 0.3) is 0 Å². The van der Waals surface area contributed by atoms with Crippen LogP contribution >= 0.6 is 0 Å². The summed E-state index contributed by atoms with van der Waals surface area (Å²) in [7, 11) is 0. The van der Waals surface area contributed by atoms with E-state index in [0.717, 1.165) is 25.2 Å². The first-order valence-electron chi connectivity index (χ1n) is 8.85. The van der Waals surface area contributed by atoms with Crippen LogP contribution in [0.4, 0.5) is 0 Å². The fourth-order valence-electron chi connectivity index (χ4n) is 3.33. The van der Waals surface area contributed by atoms with Crippen molar-refractivity contribution in [3.05, 3.63) is 71.8 Å². The molecule has 0 amide bonds. The summed E-state index contributed by atoms with van der Waals surface area (Å²) in [6.45, 7) is 6.41. The average molecular weight is 337 g/mol. The molecule has 3 atom stereocenters. The molecular weight excluding hydrogens is 312 g/mol. The summed E-state index contributed by atoms with van der Waals surface area (Å²) in [6, 6.07) is 20.0. The maximum Gasteiger partial charge on any atom is 0.365 e. The molecule has 25 heavy (non-hydrogen) atoms. The van der Waals surface area contributed by atoms with E-state index < -0.39 is 5.97 Å². The van der Waals surface area contributed by atoms with Gasteiger partial charge in [0.1, 0.15) is 6.54 Å². The zero-order chi connectivity index (χ0) is 17.6. The molecule has 1 saturated heterocycles. The normalized spacial score (nSPS) is 24.9. The van der Waals surface area contributed by atoms with Gasteiger partial charge in [-0.2, -0.15) is 0 Å². The molecule has 130 valence electrons. The largest absolute Gasteiger partial charge is 0.365 e. The van der Waals surface area contributed by atoms with Gasteiger partial charge in [-0.05, 0) is 19.1 Å². The molecule has 0 spiro atoms. The highest BCUT2D eigenvalue weighted by Gasteiger charge is 2.32. The molecule has 2 aromatic rings. The summed E-state index contributed by atoms with van der Waals surface area (Å²) in [4.78, 5) is 18.8. The fourth-order valence-corrected chi connectivity index (χ4v) is 3.33. The van der Waals surface area contributed by atoms with Gasteiger partial charge >= 0.3 is 5.97 Å². The van der Waals surface area contributed by atoms with Crippen molar-refractivity contribution in [3.8, 4) is 0 Å². The molecule has 3 rings (SSSR count). The number of oxime groups is 1. The molecule has 0 aromatic heterocycles. The van der Waals surface area contributed by atoms with Crippen LogP contribution in [0.5, 0.6) is 0 Å². The standard InChI is InChI=1S/C21H24N2O2/c1-16-14-23(15-18-9-5-3-6-10-18)17(2)13-20(16)22-25-21(24)19-11-7-4-8-12-19/h3-12,16-17H,13-15H2,1-2H3/p+1/b22-20-/t16-,17-/m0/s1. The Morgan fingerprint density at radius 2 is 1.72 bits per heavy atom. The average Bonchev–Trinajstić information content (AvgIpc) is 2.64. The highest BCUT2D eigenvalue weighted by Crippen LogP contribution is 2.11. The number of nitrogens with one attached hydrogen (secondary N) is 1. The second-order valence-corrected chi connectivity index (χ2v) is 6.86. The quantitative estimate of drug-likeness (QED) is 0.689. The zero-order valence-electron chi connectivity index (χ0n) is 14.8. The maximum atomic E-state index is 12.0. The van der Waals surface area contributed by atoms with E-state index in [1.165, 1.54) is 5.56 Å². The summed E-state index contributed by atoms with van der Waals surface area (Å²) in [6.07, 6.45) is 0.853. The number of likely N-dealkylation sites (tertiary alicyclic amines) is 1. The molecule has 1 aliphatic rings. The number of carbonyl (C=O) groups is 1. The Kier molecular flexibility index (Phi) is 5.61. The van der Waals surface area contributed by atoms with Gasteiger partial charge < -0.3 is 9.74 Å². The van der Waals surface area contributed by atoms with E-state index in [2.05, 4.69) is 43.3 Å². The molecule has 0 radical (unpaired) electrons. The van der Waals surface area contributed by atoms with Crippen molar-refractivity contribution in [3.63, 3.8) is 0 Å². The van der Waals surface area contributed by atoms with Gasteiger partial charge in [0.15, 0.2) is 0 Å². The first kappa shape index (κ1) is 17.4. The van der Waals surface area contributed by atoms with Crippen molar-refractivity contribution < 1.29 is 14.5 Å². The molecule has 2 aromatic carbocycles. The molecule has 4 heteroatoms. The van der Waals surface area contributed by atoms with E-state index in [9.17, 15) is 4.79 Å². The second kappa shape index (κ2) is 8.08. The summed E-state index contributed by atoms with van der Waals surface area (Å²) >= 11 is 0. The predicted molar refractivity (Wildman–Crippen MR) is 98.5 cm³/mol. The highest BCUT2D eigenvalue weighted by molar-refractivity contribution is 5.91. The van der Waals surface area contributed by atoms with Crippen LogP contribution in [0.2, 0.25) is 0 Å². The molecule has 0 bridgehead atoms. The Morgan fingerprint density at radius 1 is 1.08 bits per heavy atom. The minimum Gasteiger partial charge on any atom is -0.328 e. The minimum atomic E-state index is -0.396. The van der Waals surface area contributed by atoms with Crippen molar-refractivity contribution in [2.75, 3.05) is 6.54 Å². The van der Waals surface area contributed by atoms with E-state index in [1.54, 1.807) is 17.0 Å². The monoisotopic (exact) mass is 337 g/mol. The maximum absolute atomic E-state index is 12.0. The smallest absolute Gasteiger partial charge is 0.328 e. The van der Waals surface area contributed by atoms with Gasteiger partial charge in [0, 0.05) is 17.9 Å². The molecule has 1 fully saturated rings. The van der Waals surface area contributed by atoms with Crippen molar-refractivity contribution in [1.29, 1.82) is 0 Å². The van der Waals surface area contributed by atoms with Crippen LogP contribution in [0.25, 0.3) is 0 Å². The number of quaternary nitrogens is 1. The van der Waals surface area contributed by atoms with Crippen LogP contribution in [0.15, 0.2) is 65.8 Å². The van der Waals surface area contributed by atoms with Gasteiger partial charge in [-0.15, -0.1) is 0 Å². The Morgan fingerprint density at radius 3 is 2.40 bits per heavy atom. The number of hydrogen-bond acceptors (Lipinski definition) is 3. The van der Waals surface area contributed by atoms with E-state index in [0.29, 0.717) is 17.5 Å². The molecule has 4 nitrogen and oxygen atoms in total. The van der Waals surface area contributed by atoms with Crippen molar-refractivity contribution >= 4 is 11.7 Å². The van der Waals surface area contributed by atoms with Crippen LogP contribution in [0.1, 0.15) is 36.2 Å². The third kappa shape index (κ3) is 4.54. The predicted octanol–water partition coefficient (Wildman–Crippen LogP) is 2.71. The lowest BCUT2D eigenvalue weighted by atomic mass is 9.92. The van der Waals surface area contributed by atoms with Crippen molar-refractivity contribution in [1.82, 2.24) is 0 Å². The van der Waals surface area contributed by atoms with Crippen LogP contribution in [0, 0.1) is 5.92 Å². The molecular formula is C21H25N2O2+. The number of nitrogens with zero attached hydrogens (tertiary/aromatic N) is 1. The van der Waals surface area contributed by atoms with E-state index in [-0.39, 0.29) is 0 Å². The topological polar surface area (TPSA) is 43.1 Å². The second-order valence-electron chi connectivity index (χ2n) is 6.86. The lowest BCUT2D eigenvalue weighted by Gasteiger charge is -2.34. The van der Waals surface area contributed by atoms with Gasteiger partial charge in [-0.3, -0.25) is 0 Å². The van der Waals surface area contributed by atoms with Gasteiger partial charge in [-0.1, -0.05) is 60.6 Å². The lowest BCUT2D eigenvalue weighted by Crippen LogP contribution is -3.16. The molecule has 0 aliphatic carbocycles. The van der Waals surface area contributed by atoms with Crippen molar-refractivity contribution in [2.24, 2.45) is 11.1 Å². The first-order valence-corrected chi connectivity index (χ1v) is 8.85. The van der Waals surface area contributed by atoms with Gasteiger partial charge in [-0.25, -0.2) is 4.79 Å². The third-order valence-electron chi connectivity index (χ3n) is 4.88. The Labute approximate surface area is 149 Å².